The van der Waals surface area contributed by atoms with E-state index >= 15 is 0 Å². The van der Waals surface area contributed by atoms with Crippen LogP contribution in [0, 0.1) is 0 Å². The quantitative estimate of drug-likeness (QED) is 0.609. The maximum absolute atomic E-state index is 12.5. The van der Waals surface area contributed by atoms with E-state index in [4.69, 9.17) is 25.8 Å². The first-order valence-electron chi connectivity index (χ1n) is 9.12. The number of carbonyl (C=O) groups excluding carboxylic acids is 2. The van der Waals surface area contributed by atoms with Crippen LogP contribution in [0.1, 0.15) is 30.9 Å². The van der Waals surface area contributed by atoms with Gasteiger partial charge in [-0.15, -0.1) is 0 Å². The number of rotatable bonds is 8. The lowest BCUT2D eigenvalue weighted by atomic mass is 9.97. The third-order valence-corrected chi connectivity index (χ3v) is 4.55. The van der Waals surface area contributed by atoms with Crippen LogP contribution < -0.4 is 0 Å². The van der Waals surface area contributed by atoms with Crippen LogP contribution in [0.5, 0.6) is 0 Å². The summed E-state index contributed by atoms with van der Waals surface area (Å²) in [6.45, 7) is 2.29. The molecule has 2 aromatic carbocycles. The number of halogens is 1. The van der Waals surface area contributed by atoms with Crippen LogP contribution >= 0.6 is 11.6 Å². The summed E-state index contributed by atoms with van der Waals surface area (Å²) >= 11 is 5.91. The number of hydrogen-bond donors (Lipinski definition) is 0. The Bertz CT molecular complexity index is 858. The maximum atomic E-state index is 12.5. The summed E-state index contributed by atoms with van der Waals surface area (Å²) in [6.07, 6.45) is -0.0608. The van der Waals surface area contributed by atoms with E-state index in [9.17, 15) is 9.59 Å². The Kier molecular flexibility index (Phi) is 6.71. The molecular formula is C22H21ClO5. The van der Waals surface area contributed by atoms with Crippen molar-refractivity contribution in [3.63, 3.8) is 0 Å². The summed E-state index contributed by atoms with van der Waals surface area (Å²) in [5.74, 6) is -0.668. The van der Waals surface area contributed by atoms with Crippen molar-refractivity contribution < 1.29 is 23.8 Å². The van der Waals surface area contributed by atoms with Crippen LogP contribution in [0.25, 0.3) is 5.57 Å². The lowest BCUT2D eigenvalue weighted by Gasteiger charge is -2.14. The van der Waals surface area contributed by atoms with Gasteiger partial charge < -0.3 is 14.2 Å². The van der Waals surface area contributed by atoms with Crippen molar-refractivity contribution in [1.82, 2.24) is 0 Å². The lowest BCUT2D eigenvalue weighted by Crippen LogP contribution is -2.14. The first-order chi connectivity index (χ1) is 13.6. The molecule has 0 fully saturated rings. The van der Waals surface area contributed by atoms with Gasteiger partial charge >= 0.3 is 11.9 Å². The molecule has 1 aliphatic heterocycles. The topological polar surface area (TPSA) is 61.8 Å². The number of hydrogen-bond acceptors (Lipinski definition) is 5. The van der Waals surface area contributed by atoms with Crippen LogP contribution in [-0.4, -0.2) is 24.6 Å². The third kappa shape index (κ3) is 4.93. The van der Waals surface area contributed by atoms with Gasteiger partial charge in [0.15, 0.2) is 0 Å². The minimum Gasteiger partial charge on any atom is -0.481 e. The fraction of sp³-hybridized carbons (Fsp3) is 0.273. The Labute approximate surface area is 168 Å². The summed E-state index contributed by atoms with van der Waals surface area (Å²) < 4.78 is 16.3. The van der Waals surface area contributed by atoms with Gasteiger partial charge in [0.2, 0.25) is 5.76 Å². The van der Waals surface area contributed by atoms with Gasteiger partial charge in [0, 0.05) is 17.0 Å². The molecule has 0 spiro atoms. The van der Waals surface area contributed by atoms with Gasteiger partial charge in [-0.3, -0.25) is 4.79 Å². The van der Waals surface area contributed by atoms with Gasteiger partial charge in [-0.2, -0.15) is 0 Å². The van der Waals surface area contributed by atoms with E-state index in [1.807, 2.05) is 42.5 Å². The average molecular weight is 401 g/mol. The number of esters is 2. The molecule has 0 aliphatic carbocycles. The molecule has 1 unspecified atom stereocenters. The van der Waals surface area contributed by atoms with Gasteiger partial charge in [0.05, 0.1) is 6.61 Å². The molecule has 5 nitrogen and oxygen atoms in total. The molecule has 0 saturated heterocycles. The van der Waals surface area contributed by atoms with Crippen molar-refractivity contribution in [2.45, 2.75) is 32.5 Å². The summed E-state index contributed by atoms with van der Waals surface area (Å²) in [5.41, 5.74) is 2.37. The smallest absolute Gasteiger partial charge is 0.374 e. The molecule has 0 amide bonds. The predicted octanol–water partition coefficient (Wildman–Crippen LogP) is 4.54. The van der Waals surface area contributed by atoms with Crippen LogP contribution in [0.3, 0.4) is 0 Å². The zero-order valence-electron chi connectivity index (χ0n) is 15.5. The fourth-order valence-corrected chi connectivity index (χ4v) is 3.12. The second-order valence-electron chi connectivity index (χ2n) is 6.26. The van der Waals surface area contributed by atoms with Crippen molar-refractivity contribution in [2.75, 3.05) is 6.61 Å². The molecule has 0 N–H and O–H groups in total. The van der Waals surface area contributed by atoms with Gasteiger partial charge in [0.1, 0.15) is 12.7 Å². The zero-order valence-corrected chi connectivity index (χ0v) is 16.3. The lowest BCUT2D eigenvalue weighted by molar-refractivity contribution is -0.147. The van der Waals surface area contributed by atoms with E-state index in [0.717, 1.165) is 11.1 Å². The van der Waals surface area contributed by atoms with Gasteiger partial charge in [-0.25, -0.2) is 4.79 Å². The van der Waals surface area contributed by atoms with Crippen molar-refractivity contribution >= 4 is 29.1 Å². The molecule has 6 heteroatoms. The largest absolute Gasteiger partial charge is 0.481 e. The number of cyclic esters (lactones) is 1. The predicted molar refractivity (Wildman–Crippen MR) is 105 cm³/mol. The summed E-state index contributed by atoms with van der Waals surface area (Å²) in [4.78, 5) is 24.2. The van der Waals surface area contributed by atoms with Crippen molar-refractivity contribution in [2.24, 2.45) is 0 Å². The molecule has 1 heterocycles. The van der Waals surface area contributed by atoms with Crippen LogP contribution in [0.15, 0.2) is 60.4 Å². The van der Waals surface area contributed by atoms with Crippen molar-refractivity contribution in [1.29, 1.82) is 0 Å². The molecule has 1 atom stereocenters. The number of ether oxygens (including phenoxy) is 3. The Morgan fingerprint density at radius 3 is 2.50 bits per heavy atom. The average Bonchev–Trinajstić information content (AvgIpc) is 3.02. The molecular weight excluding hydrogens is 380 g/mol. The van der Waals surface area contributed by atoms with Crippen LogP contribution in [0.4, 0.5) is 0 Å². The molecule has 146 valence electrons. The zero-order chi connectivity index (χ0) is 19.9. The summed E-state index contributed by atoms with van der Waals surface area (Å²) in [7, 11) is 0. The third-order valence-electron chi connectivity index (χ3n) is 4.30. The number of carbonyl (C=O) groups is 2. The maximum Gasteiger partial charge on any atom is 0.374 e. The Balaban J connectivity index is 1.82. The standard InChI is InChI=1S/C22H21ClO5/c1-2-26-19(24)13-12-18-20(16-6-4-3-5-7-16)21(22(25)28-18)27-14-15-8-10-17(23)11-9-15/h3-11,18H,2,12-14H2,1H3. The van der Waals surface area contributed by atoms with Crippen LogP contribution in [0.2, 0.25) is 5.02 Å². The van der Waals surface area contributed by atoms with E-state index in [1.165, 1.54) is 0 Å². The highest BCUT2D eigenvalue weighted by molar-refractivity contribution is 6.30. The highest BCUT2D eigenvalue weighted by Gasteiger charge is 2.36. The van der Waals surface area contributed by atoms with Gasteiger partial charge in [-0.05, 0) is 36.6 Å². The first kappa shape index (κ1) is 20.0. The monoisotopic (exact) mass is 400 g/mol. The highest BCUT2D eigenvalue weighted by atomic mass is 35.5. The number of benzene rings is 2. The van der Waals surface area contributed by atoms with E-state index in [1.54, 1.807) is 19.1 Å². The Hall–Kier alpha value is -2.79. The molecule has 0 aromatic heterocycles. The van der Waals surface area contributed by atoms with Crippen molar-refractivity contribution in [3.8, 4) is 0 Å². The molecule has 3 rings (SSSR count). The molecule has 0 bridgehead atoms. The van der Waals surface area contributed by atoms with Crippen LogP contribution in [-0.2, 0) is 30.4 Å². The summed E-state index contributed by atoms with van der Waals surface area (Å²) in [6, 6.07) is 16.6. The second kappa shape index (κ2) is 9.42. The minimum absolute atomic E-state index is 0.159. The molecule has 28 heavy (non-hydrogen) atoms. The Morgan fingerprint density at radius 1 is 1.11 bits per heavy atom. The SMILES string of the molecule is CCOC(=O)CCC1OC(=O)C(OCc2ccc(Cl)cc2)=C1c1ccccc1. The fourth-order valence-electron chi connectivity index (χ4n) is 2.99. The van der Waals surface area contributed by atoms with E-state index in [0.29, 0.717) is 23.6 Å². The minimum atomic E-state index is -0.556. The highest BCUT2D eigenvalue weighted by Crippen LogP contribution is 2.35. The second-order valence-corrected chi connectivity index (χ2v) is 6.70. The Morgan fingerprint density at radius 2 is 1.82 bits per heavy atom. The van der Waals surface area contributed by atoms with E-state index in [2.05, 4.69) is 0 Å². The molecule has 0 radical (unpaired) electrons. The summed E-state index contributed by atoms with van der Waals surface area (Å²) in [5, 5.41) is 0.632. The van der Waals surface area contributed by atoms with Gasteiger partial charge in [-0.1, -0.05) is 54.1 Å². The van der Waals surface area contributed by atoms with Gasteiger partial charge in [0.25, 0.3) is 0 Å². The molecule has 2 aromatic rings. The normalized spacial score (nSPS) is 16.1. The molecule has 1 aliphatic rings. The van der Waals surface area contributed by atoms with E-state index in [-0.39, 0.29) is 24.8 Å². The van der Waals surface area contributed by atoms with Crippen molar-refractivity contribution in [3.05, 3.63) is 76.5 Å². The molecule has 0 saturated carbocycles. The van der Waals surface area contributed by atoms with E-state index < -0.39 is 12.1 Å². The first-order valence-corrected chi connectivity index (χ1v) is 9.49.